The molecule has 0 unspecified atom stereocenters. The monoisotopic (exact) mass is 320 g/mol. The molecule has 120 valence electrons. The highest BCUT2D eigenvalue weighted by molar-refractivity contribution is 6.12. The van der Waals surface area contributed by atoms with Gasteiger partial charge >= 0.3 is 0 Å². The number of para-hydroxylation sites is 1. The summed E-state index contributed by atoms with van der Waals surface area (Å²) in [4.78, 5) is 25.9. The molecule has 1 aliphatic rings. The van der Waals surface area contributed by atoms with Gasteiger partial charge in [0.05, 0.1) is 17.3 Å². The van der Waals surface area contributed by atoms with Crippen molar-refractivity contribution in [2.45, 2.75) is 13.3 Å². The van der Waals surface area contributed by atoms with E-state index >= 15 is 0 Å². The first-order valence-corrected chi connectivity index (χ1v) is 7.78. The van der Waals surface area contributed by atoms with Gasteiger partial charge in [0.25, 0.3) is 5.91 Å². The van der Waals surface area contributed by atoms with Crippen molar-refractivity contribution in [2.75, 3.05) is 16.8 Å². The third-order valence-corrected chi connectivity index (χ3v) is 4.33. The lowest BCUT2D eigenvalue weighted by atomic mass is 10.1. The molecule has 0 spiro atoms. The fourth-order valence-corrected chi connectivity index (χ4v) is 3.16. The molecule has 0 radical (unpaired) electrons. The van der Waals surface area contributed by atoms with Crippen LogP contribution in [0, 0.1) is 0 Å². The number of benzene rings is 2. The zero-order valence-corrected chi connectivity index (χ0v) is 13.2. The van der Waals surface area contributed by atoms with Gasteiger partial charge in [-0.2, -0.15) is 5.10 Å². The molecular formula is C18H16N4O2. The standard InChI is InChI=1S/C18H16N4O2/c1-11(23)22-8-7-12-9-14(5-6-16(12)22)20-18(24)15-4-2-3-13-10-19-21-17(13)15/h2-6,9-10H,7-8H2,1H3,(H,19,21)(H,20,24). The number of carbonyl (C=O) groups is 2. The first-order chi connectivity index (χ1) is 11.6. The minimum atomic E-state index is -0.189. The number of nitrogens with one attached hydrogen (secondary N) is 2. The second kappa shape index (κ2) is 5.49. The molecule has 0 atom stereocenters. The smallest absolute Gasteiger partial charge is 0.257 e. The number of fused-ring (bicyclic) bond motifs is 2. The van der Waals surface area contributed by atoms with Crippen molar-refractivity contribution in [1.29, 1.82) is 0 Å². The van der Waals surface area contributed by atoms with Crippen LogP contribution in [0.15, 0.2) is 42.6 Å². The van der Waals surface area contributed by atoms with Gasteiger partial charge < -0.3 is 10.2 Å². The van der Waals surface area contributed by atoms with E-state index in [0.717, 1.165) is 34.3 Å². The molecule has 6 heteroatoms. The zero-order valence-electron chi connectivity index (χ0n) is 13.2. The number of anilines is 2. The lowest BCUT2D eigenvalue weighted by molar-refractivity contribution is -0.116. The van der Waals surface area contributed by atoms with Crippen LogP contribution >= 0.6 is 0 Å². The molecule has 2 amide bonds. The van der Waals surface area contributed by atoms with Gasteiger partial charge in [-0.05, 0) is 36.2 Å². The molecule has 2 N–H and O–H groups in total. The SMILES string of the molecule is CC(=O)N1CCc2cc(NC(=O)c3cccc4cn[nH]c34)ccc21. The number of hydrogen-bond donors (Lipinski definition) is 2. The summed E-state index contributed by atoms with van der Waals surface area (Å²) < 4.78 is 0. The molecule has 2 aromatic carbocycles. The summed E-state index contributed by atoms with van der Waals surface area (Å²) in [5, 5.41) is 10.7. The van der Waals surface area contributed by atoms with Crippen molar-refractivity contribution in [1.82, 2.24) is 10.2 Å². The molecule has 0 bridgehead atoms. The second-order valence-electron chi connectivity index (χ2n) is 5.86. The topological polar surface area (TPSA) is 78.1 Å². The Bertz CT molecular complexity index is 961. The molecule has 6 nitrogen and oxygen atoms in total. The maximum atomic E-state index is 12.6. The number of rotatable bonds is 2. The Labute approximate surface area is 138 Å². The molecule has 1 aliphatic heterocycles. The summed E-state index contributed by atoms with van der Waals surface area (Å²) in [7, 11) is 0. The van der Waals surface area contributed by atoms with E-state index in [9.17, 15) is 9.59 Å². The van der Waals surface area contributed by atoms with Gasteiger partial charge in [-0.15, -0.1) is 0 Å². The molecule has 0 saturated heterocycles. The molecule has 2 heterocycles. The summed E-state index contributed by atoms with van der Waals surface area (Å²) in [5.74, 6) is -0.150. The lowest BCUT2D eigenvalue weighted by Gasteiger charge is -2.15. The Morgan fingerprint density at radius 2 is 2.12 bits per heavy atom. The van der Waals surface area contributed by atoms with Crippen LogP contribution in [0.3, 0.4) is 0 Å². The van der Waals surface area contributed by atoms with Crippen molar-refractivity contribution in [3.8, 4) is 0 Å². The van der Waals surface area contributed by atoms with Crippen LogP contribution in [0.25, 0.3) is 10.9 Å². The largest absolute Gasteiger partial charge is 0.322 e. The fourth-order valence-electron chi connectivity index (χ4n) is 3.16. The van der Waals surface area contributed by atoms with Crippen LogP contribution in [0.5, 0.6) is 0 Å². The Kier molecular flexibility index (Phi) is 3.30. The predicted octanol–water partition coefficient (Wildman–Crippen LogP) is 2.72. The van der Waals surface area contributed by atoms with Crippen molar-refractivity contribution >= 4 is 34.1 Å². The van der Waals surface area contributed by atoms with Gasteiger partial charge in [-0.1, -0.05) is 12.1 Å². The molecule has 0 fully saturated rings. The molecule has 4 rings (SSSR count). The van der Waals surface area contributed by atoms with Gasteiger partial charge in [-0.25, -0.2) is 0 Å². The van der Waals surface area contributed by atoms with E-state index in [2.05, 4.69) is 15.5 Å². The number of aromatic nitrogens is 2. The Morgan fingerprint density at radius 1 is 1.25 bits per heavy atom. The zero-order chi connectivity index (χ0) is 16.7. The van der Waals surface area contributed by atoms with Gasteiger partial charge in [-0.3, -0.25) is 14.7 Å². The van der Waals surface area contributed by atoms with Crippen molar-refractivity contribution in [3.05, 3.63) is 53.7 Å². The van der Waals surface area contributed by atoms with Crippen LogP contribution < -0.4 is 10.2 Å². The first kappa shape index (κ1) is 14.4. The van der Waals surface area contributed by atoms with Crippen LogP contribution in [0.2, 0.25) is 0 Å². The summed E-state index contributed by atoms with van der Waals surface area (Å²) >= 11 is 0. The van der Waals surface area contributed by atoms with E-state index < -0.39 is 0 Å². The van der Waals surface area contributed by atoms with Crippen LogP contribution in [0.4, 0.5) is 11.4 Å². The molecule has 1 aromatic heterocycles. The number of nitrogens with zero attached hydrogens (tertiary/aromatic N) is 2. The number of carbonyl (C=O) groups excluding carboxylic acids is 2. The van der Waals surface area contributed by atoms with Gasteiger partial charge in [0, 0.05) is 30.2 Å². The van der Waals surface area contributed by atoms with Crippen molar-refractivity contribution in [2.24, 2.45) is 0 Å². The summed E-state index contributed by atoms with van der Waals surface area (Å²) in [6.07, 6.45) is 2.49. The Hall–Kier alpha value is -3.15. The number of amides is 2. The van der Waals surface area contributed by atoms with Crippen LogP contribution in [-0.2, 0) is 11.2 Å². The van der Waals surface area contributed by atoms with Crippen LogP contribution in [-0.4, -0.2) is 28.6 Å². The van der Waals surface area contributed by atoms with E-state index in [-0.39, 0.29) is 11.8 Å². The minimum Gasteiger partial charge on any atom is -0.322 e. The summed E-state index contributed by atoms with van der Waals surface area (Å²) in [6, 6.07) is 11.1. The van der Waals surface area contributed by atoms with E-state index in [1.807, 2.05) is 30.3 Å². The average Bonchev–Trinajstić information content (AvgIpc) is 3.20. The Balaban J connectivity index is 1.61. The Morgan fingerprint density at radius 3 is 2.96 bits per heavy atom. The lowest BCUT2D eigenvalue weighted by Crippen LogP contribution is -2.25. The highest BCUT2D eigenvalue weighted by Crippen LogP contribution is 2.30. The minimum absolute atomic E-state index is 0.0384. The predicted molar refractivity (Wildman–Crippen MR) is 92.2 cm³/mol. The highest BCUT2D eigenvalue weighted by atomic mass is 16.2. The number of hydrogen-bond acceptors (Lipinski definition) is 3. The van der Waals surface area contributed by atoms with Gasteiger partial charge in [0.15, 0.2) is 0 Å². The molecule has 3 aromatic rings. The van der Waals surface area contributed by atoms with Crippen molar-refractivity contribution < 1.29 is 9.59 Å². The molecule has 24 heavy (non-hydrogen) atoms. The molecular weight excluding hydrogens is 304 g/mol. The fraction of sp³-hybridized carbons (Fsp3) is 0.167. The molecule has 0 aliphatic carbocycles. The van der Waals surface area contributed by atoms with E-state index in [4.69, 9.17) is 0 Å². The summed E-state index contributed by atoms with van der Waals surface area (Å²) in [6.45, 7) is 2.26. The normalized spacial score (nSPS) is 13.1. The van der Waals surface area contributed by atoms with E-state index in [1.54, 1.807) is 24.1 Å². The third-order valence-electron chi connectivity index (χ3n) is 4.33. The second-order valence-corrected chi connectivity index (χ2v) is 5.86. The average molecular weight is 320 g/mol. The maximum Gasteiger partial charge on any atom is 0.257 e. The van der Waals surface area contributed by atoms with E-state index in [0.29, 0.717) is 12.1 Å². The number of aromatic amines is 1. The highest BCUT2D eigenvalue weighted by Gasteiger charge is 2.22. The summed E-state index contributed by atoms with van der Waals surface area (Å²) in [5.41, 5.74) is 3.99. The van der Waals surface area contributed by atoms with Crippen LogP contribution in [0.1, 0.15) is 22.8 Å². The maximum absolute atomic E-state index is 12.6. The van der Waals surface area contributed by atoms with E-state index in [1.165, 1.54) is 0 Å². The van der Waals surface area contributed by atoms with Gasteiger partial charge in [0.1, 0.15) is 0 Å². The molecule has 0 saturated carbocycles. The third kappa shape index (κ3) is 2.32. The number of H-pyrrole nitrogens is 1. The van der Waals surface area contributed by atoms with Crippen molar-refractivity contribution in [3.63, 3.8) is 0 Å². The first-order valence-electron chi connectivity index (χ1n) is 7.78. The quantitative estimate of drug-likeness (QED) is 0.762. The van der Waals surface area contributed by atoms with Gasteiger partial charge in [0.2, 0.25) is 5.91 Å².